The Morgan fingerprint density at radius 1 is 1.31 bits per heavy atom. The van der Waals surface area contributed by atoms with Crippen molar-refractivity contribution in [1.29, 1.82) is 0 Å². The molecule has 0 saturated carbocycles. The van der Waals surface area contributed by atoms with Crippen LogP contribution in [0.5, 0.6) is 0 Å². The predicted molar refractivity (Wildman–Crippen MR) is 62.4 cm³/mol. The number of carbonyl (C=O) groups excluding carboxylic acids is 1. The summed E-state index contributed by atoms with van der Waals surface area (Å²) >= 11 is 0. The number of carbonyl (C=O) groups is 1. The molecule has 0 aromatic heterocycles. The molecule has 0 amide bonds. The Kier molecular flexibility index (Phi) is 2.77. The molecule has 0 fully saturated rings. The molecule has 1 aliphatic rings. The van der Waals surface area contributed by atoms with Crippen LogP contribution in [0.4, 0.5) is 0 Å². The largest absolute Gasteiger partial charge is 0.406 e. The Balaban J connectivity index is 2.34. The molecule has 1 heterocycles. The van der Waals surface area contributed by atoms with Gasteiger partial charge in [-0.05, 0) is 24.5 Å². The van der Waals surface area contributed by atoms with Crippen molar-refractivity contribution >= 4 is 11.9 Å². The van der Waals surface area contributed by atoms with Gasteiger partial charge in [0.25, 0.3) is 0 Å². The van der Waals surface area contributed by atoms with Crippen molar-refractivity contribution in [3.8, 4) is 0 Å². The number of nitrogens with zero attached hydrogens (tertiary/aromatic N) is 1. The summed E-state index contributed by atoms with van der Waals surface area (Å²) in [7, 11) is 0. The summed E-state index contributed by atoms with van der Waals surface area (Å²) in [5, 5.41) is 0. The van der Waals surface area contributed by atoms with Crippen LogP contribution < -0.4 is 0 Å². The maximum absolute atomic E-state index is 11.6. The fourth-order valence-electron chi connectivity index (χ4n) is 1.72. The predicted octanol–water partition coefficient (Wildman–Crippen LogP) is 2.32. The summed E-state index contributed by atoms with van der Waals surface area (Å²) in [5.41, 5.74) is 1.97. The van der Waals surface area contributed by atoms with E-state index in [1.54, 1.807) is 0 Å². The molecule has 1 aromatic rings. The van der Waals surface area contributed by atoms with E-state index < -0.39 is 0 Å². The molecule has 1 atom stereocenters. The lowest BCUT2D eigenvalue weighted by molar-refractivity contribution is -0.135. The van der Waals surface area contributed by atoms with Crippen LogP contribution in [0.1, 0.15) is 25.0 Å². The minimum atomic E-state index is -0.352. The van der Waals surface area contributed by atoms with E-state index in [0.29, 0.717) is 5.90 Å². The van der Waals surface area contributed by atoms with Gasteiger partial charge in [0.1, 0.15) is 0 Å². The van der Waals surface area contributed by atoms with Crippen LogP contribution in [0.2, 0.25) is 0 Å². The number of esters is 1. The van der Waals surface area contributed by atoms with Crippen LogP contribution in [0.25, 0.3) is 0 Å². The molecular weight excluding hydrogens is 202 g/mol. The van der Waals surface area contributed by atoms with Crippen molar-refractivity contribution in [3.05, 3.63) is 35.4 Å². The van der Waals surface area contributed by atoms with Crippen LogP contribution in [0, 0.1) is 12.8 Å². The van der Waals surface area contributed by atoms with Gasteiger partial charge in [0.15, 0.2) is 6.04 Å². The van der Waals surface area contributed by atoms with Gasteiger partial charge in [0.2, 0.25) is 5.90 Å². The van der Waals surface area contributed by atoms with Gasteiger partial charge in [-0.1, -0.05) is 32.0 Å². The van der Waals surface area contributed by atoms with Gasteiger partial charge in [0, 0.05) is 5.56 Å². The van der Waals surface area contributed by atoms with Crippen molar-refractivity contribution in [2.45, 2.75) is 26.8 Å². The molecule has 1 aliphatic heterocycles. The second kappa shape index (κ2) is 4.08. The lowest BCUT2D eigenvalue weighted by Crippen LogP contribution is -2.20. The van der Waals surface area contributed by atoms with Crippen LogP contribution in [0.15, 0.2) is 29.3 Å². The maximum Gasteiger partial charge on any atom is 0.338 e. The minimum Gasteiger partial charge on any atom is -0.406 e. The highest BCUT2D eigenvalue weighted by Crippen LogP contribution is 2.20. The molecule has 3 nitrogen and oxygen atoms in total. The van der Waals surface area contributed by atoms with Gasteiger partial charge in [-0.15, -0.1) is 0 Å². The second-order valence-electron chi connectivity index (χ2n) is 4.36. The first-order chi connectivity index (χ1) is 7.59. The van der Waals surface area contributed by atoms with Gasteiger partial charge >= 0.3 is 5.97 Å². The van der Waals surface area contributed by atoms with E-state index in [1.165, 1.54) is 0 Å². The first kappa shape index (κ1) is 10.9. The highest BCUT2D eigenvalue weighted by Gasteiger charge is 2.32. The molecule has 84 valence electrons. The molecule has 0 N–H and O–H groups in total. The van der Waals surface area contributed by atoms with Gasteiger partial charge in [-0.2, -0.15) is 0 Å². The third-order valence-electron chi connectivity index (χ3n) is 2.70. The Hall–Kier alpha value is -1.64. The van der Waals surface area contributed by atoms with Crippen molar-refractivity contribution in [2.75, 3.05) is 0 Å². The quantitative estimate of drug-likeness (QED) is 0.713. The molecule has 0 saturated heterocycles. The number of aryl methyl sites for hydroxylation is 1. The average molecular weight is 217 g/mol. The summed E-state index contributed by atoms with van der Waals surface area (Å²) in [4.78, 5) is 15.9. The number of hydrogen-bond donors (Lipinski definition) is 0. The number of ether oxygens (including phenoxy) is 1. The zero-order valence-corrected chi connectivity index (χ0v) is 9.73. The third-order valence-corrected chi connectivity index (χ3v) is 2.70. The zero-order valence-electron chi connectivity index (χ0n) is 9.73. The number of cyclic esters (lactones) is 1. The lowest BCUT2D eigenvalue weighted by atomic mass is 10.1. The molecule has 0 bridgehead atoms. The van der Waals surface area contributed by atoms with Crippen molar-refractivity contribution in [1.82, 2.24) is 0 Å². The smallest absolute Gasteiger partial charge is 0.338 e. The fraction of sp³-hybridized carbons (Fsp3) is 0.385. The van der Waals surface area contributed by atoms with E-state index >= 15 is 0 Å². The molecule has 2 rings (SSSR count). The molecule has 1 aromatic carbocycles. The Morgan fingerprint density at radius 3 is 2.56 bits per heavy atom. The van der Waals surface area contributed by atoms with E-state index in [-0.39, 0.29) is 17.9 Å². The number of aliphatic imine (C=N–C) groups is 1. The molecule has 0 radical (unpaired) electrons. The maximum atomic E-state index is 11.6. The Labute approximate surface area is 95.2 Å². The summed E-state index contributed by atoms with van der Waals surface area (Å²) in [6.07, 6.45) is 0. The van der Waals surface area contributed by atoms with E-state index in [2.05, 4.69) is 4.99 Å². The monoisotopic (exact) mass is 217 g/mol. The van der Waals surface area contributed by atoms with E-state index in [4.69, 9.17) is 4.74 Å². The minimum absolute atomic E-state index is 0.175. The third kappa shape index (κ3) is 1.85. The highest BCUT2D eigenvalue weighted by molar-refractivity contribution is 6.06. The van der Waals surface area contributed by atoms with E-state index in [1.807, 2.05) is 45.0 Å². The van der Waals surface area contributed by atoms with Crippen molar-refractivity contribution in [3.63, 3.8) is 0 Å². The second-order valence-corrected chi connectivity index (χ2v) is 4.36. The van der Waals surface area contributed by atoms with Gasteiger partial charge < -0.3 is 4.74 Å². The molecule has 3 heteroatoms. The number of hydrogen-bond acceptors (Lipinski definition) is 3. The number of rotatable bonds is 2. The molecule has 1 unspecified atom stereocenters. The van der Waals surface area contributed by atoms with Gasteiger partial charge in [0.05, 0.1) is 0 Å². The fourth-order valence-corrected chi connectivity index (χ4v) is 1.72. The zero-order chi connectivity index (χ0) is 11.7. The van der Waals surface area contributed by atoms with Gasteiger partial charge in [-0.25, -0.2) is 9.79 Å². The summed E-state index contributed by atoms with van der Waals surface area (Å²) < 4.78 is 5.21. The van der Waals surface area contributed by atoms with Crippen molar-refractivity contribution in [2.24, 2.45) is 10.9 Å². The molecular formula is C13H15NO2. The molecule has 0 spiro atoms. The highest BCUT2D eigenvalue weighted by atomic mass is 16.6. The van der Waals surface area contributed by atoms with Crippen molar-refractivity contribution < 1.29 is 9.53 Å². The van der Waals surface area contributed by atoms with Crippen LogP contribution in [-0.4, -0.2) is 17.9 Å². The summed E-state index contributed by atoms with van der Waals surface area (Å²) in [6, 6.07) is 7.42. The first-order valence-electron chi connectivity index (χ1n) is 5.45. The number of benzene rings is 1. The molecule has 16 heavy (non-hydrogen) atoms. The van der Waals surface area contributed by atoms with E-state index in [9.17, 15) is 4.79 Å². The standard InChI is InChI=1S/C13H15NO2/c1-8(2)11-13(15)16-12(14-11)10-7-5-4-6-9(10)3/h4-8,11H,1-3H3. The first-order valence-corrected chi connectivity index (χ1v) is 5.45. The topological polar surface area (TPSA) is 38.7 Å². The van der Waals surface area contributed by atoms with Gasteiger partial charge in [-0.3, -0.25) is 0 Å². The average Bonchev–Trinajstić information content (AvgIpc) is 2.61. The SMILES string of the molecule is Cc1ccccc1C1=NC(C(C)C)C(=O)O1. The van der Waals surface area contributed by atoms with Crippen LogP contribution in [-0.2, 0) is 9.53 Å². The van der Waals surface area contributed by atoms with Crippen LogP contribution >= 0.6 is 0 Å². The lowest BCUT2D eigenvalue weighted by Gasteiger charge is -2.04. The normalized spacial score (nSPS) is 19.9. The Bertz CT molecular complexity index is 449. The molecule has 0 aliphatic carbocycles. The summed E-state index contributed by atoms with van der Waals surface area (Å²) in [5.74, 6) is 0.393. The van der Waals surface area contributed by atoms with Crippen LogP contribution in [0.3, 0.4) is 0 Å². The summed E-state index contributed by atoms with van der Waals surface area (Å²) in [6.45, 7) is 5.92. The van der Waals surface area contributed by atoms with E-state index in [0.717, 1.165) is 11.1 Å². The Morgan fingerprint density at radius 2 is 2.00 bits per heavy atom.